The Balaban J connectivity index is 2.76. The molecule has 9 heteroatoms. The van der Waals surface area contributed by atoms with Crippen LogP contribution in [0.5, 0.6) is 0 Å². The number of nitrogens with zero attached hydrogens (tertiary/aromatic N) is 1. The summed E-state index contributed by atoms with van der Waals surface area (Å²) in [5.41, 5.74) is -1.56. The fourth-order valence-corrected chi connectivity index (χ4v) is 2.78. The molecule has 0 aliphatic rings. The van der Waals surface area contributed by atoms with Crippen molar-refractivity contribution < 1.29 is 30.6 Å². The minimum Gasteiger partial charge on any atom is -0.341 e. The largest absolute Gasteiger partial charge is 0.416 e. The summed E-state index contributed by atoms with van der Waals surface area (Å²) in [7, 11) is -2.57. The van der Waals surface area contributed by atoms with Crippen LogP contribution < -0.4 is 0 Å². The van der Waals surface area contributed by atoms with Gasteiger partial charge in [-0.05, 0) is 44.5 Å². The molecule has 1 amide bonds. The van der Waals surface area contributed by atoms with Crippen molar-refractivity contribution in [2.75, 3.05) is 13.7 Å². The maximum atomic E-state index is 12.5. The Morgan fingerprint density at radius 1 is 1.17 bits per heavy atom. The lowest BCUT2D eigenvalue weighted by atomic mass is 9.99. The first-order valence-electron chi connectivity index (χ1n) is 7.08. The van der Waals surface area contributed by atoms with E-state index in [2.05, 4.69) is 0 Å². The van der Waals surface area contributed by atoms with Crippen LogP contribution in [0.25, 0.3) is 0 Å². The Labute approximate surface area is 139 Å². The summed E-state index contributed by atoms with van der Waals surface area (Å²) in [5.74, 6) is -0.175. The van der Waals surface area contributed by atoms with E-state index < -0.39 is 27.4 Å². The standard InChI is InChI=1S/C15H20F3NO4S/c1-11(20)19(4)14(2,3)9-10-23-24(21,22)13-7-5-12(6-8-13)15(16,17)18/h5-8H,9-10H2,1-4H3. The lowest BCUT2D eigenvalue weighted by molar-refractivity contribution is -0.137. The minimum absolute atomic E-state index is 0.175. The van der Waals surface area contributed by atoms with Crippen molar-refractivity contribution in [1.29, 1.82) is 0 Å². The summed E-state index contributed by atoms with van der Waals surface area (Å²) in [6, 6.07) is 3.07. The molecular weight excluding hydrogens is 347 g/mol. The van der Waals surface area contributed by atoms with Crippen LogP contribution in [-0.2, 0) is 25.3 Å². The molecule has 0 atom stereocenters. The highest BCUT2D eigenvalue weighted by molar-refractivity contribution is 7.86. The number of amides is 1. The number of carbonyl (C=O) groups is 1. The number of hydrogen-bond acceptors (Lipinski definition) is 4. The third-order valence-corrected chi connectivity index (χ3v) is 5.13. The highest BCUT2D eigenvalue weighted by Gasteiger charge is 2.31. The van der Waals surface area contributed by atoms with Gasteiger partial charge in [0.05, 0.1) is 17.1 Å². The molecule has 0 heterocycles. The van der Waals surface area contributed by atoms with Gasteiger partial charge in [-0.2, -0.15) is 21.6 Å². The first kappa shape index (κ1) is 20.4. The Kier molecular flexibility index (Phi) is 6.05. The highest BCUT2D eigenvalue weighted by Crippen LogP contribution is 2.30. The zero-order valence-electron chi connectivity index (χ0n) is 13.8. The maximum absolute atomic E-state index is 12.5. The van der Waals surface area contributed by atoms with E-state index in [1.165, 1.54) is 11.8 Å². The van der Waals surface area contributed by atoms with Gasteiger partial charge in [0.15, 0.2) is 0 Å². The summed E-state index contributed by atoms with van der Waals surface area (Å²) in [6.07, 6.45) is -4.30. The summed E-state index contributed by atoms with van der Waals surface area (Å²) >= 11 is 0. The smallest absolute Gasteiger partial charge is 0.341 e. The van der Waals surface area contributed by atoms with Crippen molar-refractivity contribution in [3.63, 3.8) is 0 Å². The van der Waals surface area contributed by atoms with E-state index in [9.17, 15) is 26.4 Å². The van der Waals surface area contributed by atoms with E-state index in [4.69, 9.17) is 4.18 Å². The summed E-state index contributed by atoms with van der Waals surface area (Å²) in [4.78, 5) is 12.5. The number of rotatable bonds is 6. The van der Waals surface area contributed by atoms with Crippen LogP contribution in [0, 0.1) is 0 Å². The van der Waals surface area contributed by atoms with E-state index in [0.717, 1.165) is 12.1 Å². The van der Waals surface area contributed by atoms with Gasteiger partial charge in [-0.15, -0.1) is 0 Å². The van der Waals surface area contributed by atoms with Crippen molar-refractivity contribution in [1.82, 2.24) is 4.90 Å². The molecule has 0 N–H and O–H groups in total. The normalized spacial score (nSPS) is 13.0. The Bertz CT molecular complexity index is 682. The molecule has 1 aromatic carbocycles. The molecule has 0 spiro atoms. The van der Waals surface area contributed by atoms with E-state index in [1.807, 2.05) is 0 Å². The average Bonchev–Trinajstić information content (AvgIpc) is 2.45. The predicted molar refractivity (Wildman–Crippen MR) is 81.7 cm³/mol. The summed E-state index contributed by atoms with van der Waals surface area (Å²) in [6.45, 7) is 4.69. The highest BCUT2D eigenvalue weighted by atomic mass is 32.2. The van der Waals surface area contributed by atoms with Crippen LogP contribution in [0.3, 0.4) is 0 Å². The molecule has 24 heavy (non-hydrogen) atoms. The van der Waals surface area contributed by atoms with E-state index >= 15 is 0 Å². The van der Waals surface area contributed by atoms with Crippen molar-refractivity contribution in [3.05, 3.63) is 29.8 Å². The molecule has 1 rings (SSSR count). The van der Waals surface area contributed by atoms with Gasteiger partial charge in [-0.1, -0.05) is 0 Å². The van der Waals surface area contributed by atoms with Gasteiger partial charge >= 0.3 is 6.18 Å². The fraction of sp³-hybridized carbons (Fsp3) is 0.533. The van der Waals surface area contributed by atoms with Crippen molar-refractivity contribution in [3.8, 4) is 0 Å². The number of halogens is 3. The average molecular weight is 367 g/mol. The monoisotopic (exact) mass is 367 g/mol. The lowest BCUT2D eigenvalue weighted by Crippen LogP contribution is -2.44. The minimum atomic E-state index is -4.54. The quantitative estimate of drug-likeness (QED) is 0.725. The topological polar surface area (TPSA) is 63.7 Å². The van der Waals surface area contributed by atoms with Gasteiger partial charge in [0.1, 0.15) is 0 Å². The molecule has 0 aliphatic heterocycles. The molecular formula is C15H20F3NO4S. The lowest BCUT2D eigenvalue weighted by Gasteiger charge is -2.34. The van der Waals surface area contributed by atoms with Crippen molar-refractivity contribution in [2.45, 2.75) is 43.8 Å². The first-order valence-corrected chi connectivity index (χ1v) is 8.49. The molecule has 136 valence electrons. The Morgan fingerprint density at radius 2 is 1.67 bits per heavy atom. The number of hydrogen-bond donors (Lipinski definition) is 0. The fourth-order valence-electron chi connectivity index (χ4n) is 1.87. The molecule has 0 saturated heterocycles. The van der Waals surface area contributed by atoms with Crippen LogP contribution in [-0.4, -0.2) is 38.4 Å². The van der Waals surface area contributed by atoms with Crippen LogP contribution >= 0.6 is 0 Å². The predicted octanol–water partition coefficient (Wildman–Crippen LogP) is 3.06. The third kappa shape index (κ3) is 5.20. The number of benzene rings is 1. The summed E-state index contributed by atoms with van der Waals surface area (Å²) < 4.78 is 66.3. The summed E-state index contributed by atoms with van der Waals surface area (Å²) in [5, 5.41) is 0. The van der Waals surface area contributed by atoms with Gasteiger partial charge in [-0.3, -0.25) is 8.98 Å². The molecule has 0 aromatic heterocycles. The maximum Gasteiger partial charge on any atom is 0.416 e. The first-order chi connectivity index (χ1) is 10.8. The second kappa shape index (κ2) is 7.10. The Hall–Kier alpha value is -1.61. The molecule has 0 unspecified atom stereocenters. The zero-order chi connectivity index (χ0) is 18.8. The second-order valence-electron chi connectivity index (χ2n) is 5.94. The van der Waals surface area contributed by atoms with Gasteiger partial charge in [-0.25, -0.2) is 0 Å². The zero-order valence-corrected chi connectivity index (χ0v) is 14.7. The SMILES string of the molecule is CC(=O)N(C)C(C)(C)CCOS(=O)(=O)c1ccc(C(F)(F)F)cc1. The van der Waals surface area contributed by atoms with Crippen LogP contribution in [0.15, 0.2) is 29.2 Å². The van der Waals surface area contributed by atoms with Gasteiger partial charge in [0, 0.05) is 19.5 Å². The third-order valence-electron chi connectivity index (χ3n) is 3.80. The van der Waals surface area contributed by atoms with Gasteiger partial charge in [0.2, 0.25) is 5.91 Å². The number of alkyl halides is 3. The van der Waals surface area contributed by atoms with Gasteiger partial charge in [0.25, 0.3) is 10.1 Å². The van der Waals surface area contributed by atoms with Crippen molar-refractivity contribution >= 4 is 16.0 Å². The van der Waals surface area contributed by atoms with E-state index in [1.54, 1.807) is 20.9 Å². The molecule has 1 aromatic rings. The molecule has 0 saturated carbocycles. The molecule has 0 aliphatic carbocycles. The molecule has 0 bridgehead atoms. The molecule has 5 nitrogen and oxygen atoms in total. The molecule has 0 fully saturated rings. The molecule has 0 radical (unpaired) electrons. The van der Waals surface area contributed by atoms with Crippen LogP contribution in [0.2, 0.25) is 0 Å². The second-order valence-corrected chi connectivity index (χ2v) is 7.55. The number of carbonyl (C=O) groups excluding carboxylic acids is 1. The van der Waals surface area contributed by atoms with Gasteiger partial charge < -0.3 is 4.90 Å². The Morgan fingerprint density at radius 3 is 2.08 bits per heavy atom. The van der Waals surface area contributed by atoms with Crippen molar-refractivity contribution in [2.24, 2.45) is 0 Å². The van der Waals surface area contributed by atoms with Crippen LogP contribution in [0.4, 0.5) is 13.2 Å². The van der Waals surface area contributed by atoms with E-state index in [-0.39, 0.29) is 23.8 Å². The van der Waals surface area contributed by atoms with Crippen LogP contribution in [0.1, 0.15) is 32.8 Å². The van der Waals surface area contributed by atoms with E-state index in [0.29, 0.717) is 12.1 Å².